The van der Waals surface area contributed by atoms with Gasteiger partial charge in [-0.15, -0.1) is 22.7 Å². The second kappa shape index (κ2) is 8.10. The Morgan fingerprint density at radius 2 is 2.03 bits per heavy atom. The lowest BCUT2D eigenvalue weighted by molar-refractivity contribution is -0.136. The van der Waals surface area contributed by atoms with Crippen LogP contribution in [0.25, 0.3) is 0 Å². The number of aromatic nitrogens is 2. The van der Waals surface area contributed by atoms with Crippen molar-refractivity contribution in [2.75, 3.05) is 6.61 Å². The minimum atomic E-state index is -0.678. The van der Waals surface area contributed by atoms with Crippen LogP contribution in [0.5, 0.6) is 0 Å². The van der Waals surface area contributed by atoms with Crippen LogP contribution in [0.15, 0.2) is 40.1 Å². The molecule has 150 valence electrons. The van der Waals surface area contributed by atoms with Crippen LogP contribution in [-0.4, -0.2) is 39.0 Å². The van der Waals surface area contributed by atoms with Crippen LogP contribution in [-0.2, 0) is 16.6 Å². The van der Waals surface area contributed by atoms with E-state index >= 15 is 0 Å². The molecule has 1 unspecified atom stereocenters. The molecule has 1 aliphatic heterocycles. The summed E-state index contributed by atoms with van der Waals surface area (Å²) in [7, 11) is 1.63. The van der Waals surface area contributed by atoms with Crippen molar-refractivity contribution in [1.29, 1.82) is 0 Å². The summed E-state index contributed by atoms with van der Waals surface area (Å²) >= 11 is 9.25. The molecule has 4 heterocycles. The topological polar surface area (TPSA) is 76.8 Å². The second-order valence-corrected chi connectivity index (χ2v) is 8.73. The van der Waals surface area contributed by atoms with E-state index < -0.39 is 12.6 Å². The highest BCUT2D eigenvalue weighted by Gasteiger charge is 2.34. The second-order valence-electron chi connectivity index (χ2n) is 6.45. The average molecular weight is 449 g/mol. The molecule has 0 saturated carbocycles. The Labute approximate surface area is 180 Å². The van der Waals surface area contributed by atoms with Crippen molar-refractivity contribution in [3.63, 3.8) is 0 Å². The van der Waals surface area contributed by atoms with E-state index in [1.807, 2.05) is 35.0 Å². The number of rotatable bonds is 5. The molecule has 29 heavy (non-hydrogen) atoms. The fraction of sp³-hybridized carbons (Fsp3) is 0.263. The number of hydrogen-bond acceptors (Lipinski definition) is 7. The molecule has 0 aromatic carbocycles. The van der Waals surface area contributed by atoms with Gasteiger partial charge in [0.05, 0.1) is 22.3 Å². The van der Waals surface area contributed by atoms with Gasteiger partial charge in [-0.05, 0) is 29.8 Å². The van der Waals surface area contributed by atoms with Gasteiger partial charge in [0.2, 0.25) is 0 Å². The van der Waals surface area contributed by atoms with Crippen molar-refractivity contribution in [2.45, 2.75) is 19.4 Å². The van der Waals surface area contributed by atoms with Crippen LogP contribution in [0.2, 0.25) is 5.15 Å². The SMILES string of the molecule is Cc1nn(C)c(Cl)c1C(=O)OCC(=O)N1N=C(c2cccs2)CC1c1cccs1. The summed E-state index contributed by atoms with van der Waals surface area (Å²) in [6, 6.07) is 7.65. The van der Waals surface area contributed by atoms with E-state index in [2.05, 4.69) is 10.2 Å². The zero-order valence-electron chi connectivity index (χ0n) is 15.7. The van der Waals surface area contributed by atoms with Crippen LogP contribution >= 0.6 is 34.3 Å². The summed E-state index contributed by atoms with van der Waals surface area (Å²) in [6.07, 6.45) is 0.619. The molecule has 0 saturated heterocycles. The molecule has 1 atom stereocenters. The molecule has 3 aromatic heterocycles. The van der Waals surface area contributed by atoms with Gasteiger partial charge in [-0.2, -0.15) is 10.2 Å². The molecular formula is C19H17ClN4O3S2. The molecule has 1 aliphatic rings. The monoisotopic (exact) mass is 448 g/mol. The van der Waals surface area contributed by atoms with Crippen LogP contribution in [0.4, 0.5) is 0 Å². The fourth-order valence-corrected chi connectivity index (χ4v) is 4.95. The largest absolute Gasteiger partial charge is 0.452 e. The Bertz CT molecular complexity index is 1070. The molecule has 0 spiro atoms. The number of thiophene rings is 2. The molecule has 0 fully saturated rings. The third kappa shape index (κ3) is 3.85. The number of hydrogen-bond donors (Lipinski definition) is 0. The third-order valence-corrected chi connectivity index (χ3v) is 6.85. The lowest BCUT2D eigenvalue weighted by Crippen LogP contribution is -2.31. The van der Waals surface area contributed by atoms with Crippen molar-refractivity contribution in [3.8, 4) is 0 Å². The van der Waals surface area contributed by atoms with Gasteiger partial charge in [0.25, 0.3) is 5.91 Å². The molecule has 1 amide bonds. The van der Waals surface area contributed by atoms with E-state index in [0.717, 1.165) is 15.5 Å². The van der Waals surface area contributed by atoms with Crippen LogP contribution in [0.3, 0.4) is 0 Å². The quantitative estimate of drug-likeness (QED) is 0.552. The Morgan fingerprint density at radius 3 is 2.66 bits per heavy atom. The number of hydrazone groups is 1. The standard InChI is InChI=1S/C19H17ClN4O3S2/c1-11-17(18(20)23(2)21-11)19(26)27-10-16(25)24-13(15-6-4-8-29-15)9-12(22-24)14-5-3-7-28-14/h3-8,13H,9-10H2,1-2H3. The van der Waals surface area contributed by atoms with Gasteiger partial charge in [0, 0.05) is 18.3 Å². The molecule has 0 aliphatic carbocycles. The highest BCUT2D eigenvalue weighted by Crippen LogP contribution is 2.36. The Hall–Kier alpha value is -2.49. The summed E-state index contributed by atoms with van der Waals surface area (Å²) in [5.41, 5.74) is 1.47. The summed E-state index contributed by atoms with van der Waals surface area (Å²) in [6.45, 7) is 1.24. The summed E-state index contributed by atoms with van der Waals surface area (Å²) < 4.78 is 6.63. The van der Waals surface area contributed by atoms with E-state index in [1.165, 1.54) is 9.69 Å². The van der Waals surface area contributed by atoms with Crippen LogP contribution in [0, 0.1) is 6.92 Å². The Balaban J connectivity index is 1.51. The molecule has 0 bridgehead atoms. The molecule has 10 heteroatoms. The highest BCUT2D eigenvalue weighted by molar-refractivity contribution is 7.12. The Kier molecular flexibility index (Phi) is 5.53. The molecule has 0 radical (unpaired) electrons. The summed E-state index contributed by atoms with van der Waals surface area (Å²) in [4.78, 5) is 27.3. The van der Waals surface area contributed by atoms with Crippen molar-refractivity contribution < 1.29 is 14.3 Å². The third-order valence-electron chi connectivity index (χ3n) is 4.53. The summed E-state index contributed by atoms with van der Waals surface area (Å²) in [5.74, 6) is -1.07. The first-order valence-electron chi connectivity index (χ1n) is 8.78. The van der Waals surface area contributed by atoms with E-state index in [1.54, 1.807) is 36.6 Å². The molecule has 4 rings (SSSR count). The predicted octanol–water partition coefficient (Wildman–Crippen LogP) is 4.04. The smallest absolute Gasteiger partial charge is 0.343 e. The maximum Gasteiger partial charge on any atom is 0.343 e. The van der Waals surface area contributed by atoms with Crippen molar-refractivity contribution in [3.05, 3.63) is 61.2 Å². The van der Waals surface area contributed by atoms with E-state index in [0.29, 0.717) is 12.1 Å². The first-order chi connectivity index (χ1) is 14.0. The number of amides is 1. The van der Waals surface area contributed by atoms with E-state index in [9.17, 15) is 9.59 Å². The van der Waals surface area contributed by atoms with Gasteiger partial charge in [-0.1, -0.05) is 23.7 Å². The lowest BCUT2D eigenvalue weighted by atomic mass is 10.1. The number of nitrogens with zero attached hydrogens (tertiary/aromatic N) is 4. The van der Waals surface area contributed by atoms with Gasteiger partial charge >= 0.3 is 5.97 Å². The molecule has 3 aromatic rings. The van der Waals surface area contributed by atoms with E-state index in [4.69, 9.17) is 16.3 Å². The number of carbonyl (C=O) groups is 2. The van der Waals surface area contributed by atoms with Gasteiger partial charge in [0.1, 0.15) is 10.7 Å². The fourth-order valence-electron chi connectivity index (χ4n) is 3.16. The number of carbonyl (C=O) groups excluding carboxylic acids is 2. The lowest BCUT2D eigenvalue weighted by Gasteiger charge is -2.20. The predicted molar refractivity (Wildman–Crippen MR) is 113 cm³/mol. The number of aryl methyl sites for hydroxylation is 2. The molecule has 0 N–H and O–H groups in total. The van der Waals surface area contributed by atoms with Crippen molar-refractivity contribution in [1.82, 2.24) is 14.8 Å². The van der Waals surface area contributed by atoms with Gasteiger partial charge in [0.15, 0.2) is 6.61 Å². The van der Waals surface area contributed by atoms with Crippen LogP contribution < -0.4 is 0 Å². The zero-order chi connectivity index (χ0) is 20.5. The molecular weight excluding hydrogens is 432 g/mol. The first kappa shape index (κ1) is 19.8. The minimum Gasteiger partial charge on any atom is -0.452 e. The first-order valence-corrected chi connectivity index (χ1v) is 10.9. The van der Waals surface area contributed by atoms with E-state index in [-0.39, 0.29) is 22.7 Å². The number of esters is 1. The highest BCUT2D eigenvalue weighted by atomic mass is 35.5. The maximum absolute atomic E-state index is 12.9. The number of ether oxygens (including phenoxy) is 1. The van der Waals surface area contributed by atoms with Gasteiger partial charge in [-0.25, -0.2) is 9.80 Å². The molecule has 7 nitrogen and oxygen atoms in total. The van der Waals surface area contributed by atoms with Gasteiger partial charge < -0.3 is 4.74 Å². The van der Waals surface area contributed by atoms with Crippen molar-refractivity contribution in [2.24, 2.45) is 12.1 Å². The number of halogens is 1. The normalized spacial score (nSPS) is 16.2. The van der Waals surface area contributed by atoms with Gasteiger partial charge in [-0.3, -0.25) is 9.48 Å². The zero-order valence-corrected chi connectivity index (χ0v) is 18.1. The van der Waals surface area contributed by atoms with Crippen molar-refractivity contribution >= 4 is 51.9 Å². The van der Waals surface area contributed by atoms with Crippen LogP contribution in [0.1, 0.15) is 38.3 Å². The minimum absolute atomic E-state index is 0.168. The Morgan fingerprint density at radius 1 is 1.28 bits per heavy atom. The maximum atomic E-state index is 12.9. The average Bonchev–Trinajstić information content (AvgIpc) is 3.47. The summed E-state index contributed by atoms with van der Waals surface area (Å²) in [5, 5.41) is 14.2.